The number of anilines is 1. The molecule has 0 radical (unpaired) electrons. The van der Waals surface area contributed by atoms with Crippen LogP contribution in [0.3, 0.4) is 0 Å². The largest absolute Gasteiger partial charge is 0.385 e. The van der Waals surface area contributed by atoms with Gasteiger partial charge in [-0.3, -0.25) is 4.79 Å². The first-order valence-electron chi connectivity index (χ1n) is 7.33. The Morgan fingerprint density at radius 3 is 2.58 bits per heavy atom. The highest BCUT2D eigenvalue weighted by Gasteiger charge is 2.27. The summed E-state index contributed by atoms with van der Waals surface area (Å²) in [6, 6.07) is 7.70. The maximum absolute atomic E-state index is 12.0. The summed E-state index contributed by atoms with van der Waals surface area (Å²) in [6.07, 6.45) is 3.75. The lowest BCUT2D eigenvalue weighted by atomic mass is 10.1. The lowest BCUT2D eigenvalue weighted by Gasteiger charge is -2.11. The average molecular weight is 260 g/mol. The molecule has 0 bridgehead atoms. The number of nitrogens with one attached hydrogen (secondary N) is 2. The quantitative estimate of drug-likeness (QED) is 0.790. The SMILES string of the molecule is CCCNc1ccc(C(=O)NCC(C)C2CC2)cc1. The van der Waals surface area contributed by atoms with Gasteiger partial charge in [-0.25, -0.2) is 0 Å². The molecule has 1 aliphatic carbocycles. The standard InChI is InChI=1S/C16H24N2O/c1-3-10-17-15-8-6-14(7-9-15)16(19)18-11-12(2)13-4-5-13/h6-9,12-13,17H,3-5,10-11H2,1-2H3,(H,18,19). The van der Waals surface area contributed by atoms with Crippen molar-refractivity contribution in [1.82, 2.24) is 5.32 Å². The zero-order valence-corrected chi connectivity index (χ0v) is 11.9. The Balaban J connectivity index is 1.81. The second-order valence-electron chi connectivity index (χ2n) is 5.53. The van der Waals surface area contributed by atoms with Crippen LogP contribution in [0.5, 0.6) is 0 Å². The summed E-state index contributed by atoms with van der Waals surface area (Å²) in [5, 5.41) is 6.33. The molecular formula is C16H24N2O. The van der Waals surface area contributed by atoms with Crippen LogP contribution in [0.15, 0.2) is 24.3 Å². The second-order valence-corrected chi connectivity index (χ2v) is 5.53. The minimum absolute atomic E-state index is 0.0366. The van der Waals surface area contributed by atoms with Crippen LogP contribution in [0.1, 0.15) is 43.5 Å². The van der Waals surface area contributed by atoms with Crippen molar-refractivity contribution in [3.05, 3.63) is 29.8 Å². The van der Waals surface area contributed by atoms with Gasteiger partial charge >= 0.3 is 0 Å². The number of carbonyl (C=O) groups excluding carboxylic acids is 1. The molecule has 1 atom stereocenters. The summed E-state index contributed by atoms with van der Waals surface area (Å²) >= 11 is 0. The van der Waals surface area contributed by atoms with Crippen LogP contribution in [0, 0.1) is 11.8 Å². The van der Waals surface area contributed by atoms with Crippen molar-refractivity contribution in [2.45, 2.75) is 33.1 Å². The Bertz CT molecular complexity index is 409. The highest BCUT2D eigenvalue weighted by Crippen LogP contribution is 2.36. The summed E-state index contributed by atoms with van der Waals surface area (Å²) in [7, 11) is 0. The third-order valence-electron chi connectivity index (χ3n) is 3.74. The Hall–Kier alpha value is -1.51. The van der Waals surface area contributed by atoms with E-state index in [2.05, 4.69) is 24.5 Å². The molecule has 3 nitrogen and oxygen atoms in total. The molecular weight excluding hydrogens is 236 g/mol. The first-order chi connectivity index (χ1) is 9.20. The maximum Gasteiger partial charge on any atom is 0.251 e. The first-order valence-corrected chi connectivity index (χ1v) is 7.33. The van der Waals surface area contributed by atoms with Crippen LogP contribution in [0.25, 0.3) is 0 Å². The van der Waals surface area contributed by atoms with Crippen LogP contribution in [-0.4, -0.2) is 19.0 Å². The molecule has 1 aromatic carbocycles. The van der Waals surface area contributed by atoms with Crippen molar-refractivity contribution in [2.75, 3.05) is 18.4 Å². The van der Waals surface area contributed by atoms with Gasteiger partial charge in [-0.2, -0.15) is 0 Å². The molecule has 19 heavy (non-hydrogen) atoms. The molecule has 0 saturated heterocycles. The van der Waals surface area contributed by atoms with E-state index in [1.807, 2.05) is 24.3 Å². The van der Waals surface area contributed by atoms with Gasteiger partial charge in [0.1, 0.15) is 0 Å². The summed E-state index contributed by atoms with van der Waals surface area (Å²) in [4.78, 5) is 12.0. The van der Waals surface area contributed by atoms with Gasteiger partial charge in [0.05, 0.1) is 0 Å². The molecule has 0 aromatic heterocycles. The van der Waals surface area contributed by atoms with Crippen molar-refractivity contribution < 1.29 is 4.79 Å². The Morgan fingerprint density at radius 1 is 1.32 bits per heavy atom. The second kappa shape index (κ2) is 6.60. The van der Waals surface area contributed by atoms with Gasteiger partial charge < -0.3 is 10.6 Å². The monoisotopic (exact) mass is 260 g/mol. The van der Waals surface area contributed by atoms with Crippen molar-refractivity contribution in [3.63, 3.8) is 0 Å². The number of rotatable bonds is 7. The zero-order chi connectivity index (χ0) is 13.7. The number of benzene rings is 1. The van der Waals surface area contributed by atoms with Crippen molar-refractivity contribution in [3.8, 4) is 0 Å². The van der Waals surface area contributed by atoms with E-state index in [0.717, 1.165) is 36.7 Å². The highest BCUT2D eigenvalue weighted by atomic mass is 16.1. The molecule has 0 spiro atoms. The van der Waals surface area contributed by atoms with Crippen LogP contribution in [0.2, 0.25) is 0 Å². The number of amides is 1. The first kappa shape index (κ1) is 13.9. The van der Waals surface area contributed by atoms with Crippen LogP contribution in [-0.2, 0) is 0 Å². The molecule has 2 N–H and O–H groups in total. The van der Waals surface area contributed by atoms with Crippen molar-refractivity contribution in [2.24, 2.45) is 11.8 Å². The van der Waals surface area contributed by atoms with Crippen LogP contribution >= 0.6 is 0 Å². The van der Waals surface area contributed by atoms with Gasteiger partial charge in [-0.1, -0.05) is 13.8 Å². The van der Waals surface area contributed by atoms with E-state index in [0.29, 0.717) is 5.92 Å². The highest BCUT2D eigenvalue weighted by molar-refractivity contribution is 5.94. The average Bonchev–Trinajstić information content (AvgIpc) is 3.27. The number of carbonyl (C=O) groups is 1. The normalized spacial score (nSPS) is 15.9. The Morgan fingerprint density at radius 2 is 2.00 bits per heavy atom. The van der Waals surface area contributed by atoms with Crippen molar-refractivity contribution >= 4 is 11.6 Å². The smallest absolute Gasteiger partial charge is 0.251 e. The maximum atomic E-state index is 12.0. The van der Waals surface area contributed by atoms with E-state index >= 15 is 0 Å². The van der Waals surface area contributed by atoms with E-state index in [1.165, 1.54) is 12.8 Å². The predicted octanol–water partition coefficient (Wildman–Crippen LogP) is 3.28. The van der Waals surface area contributed by atoms with Gasteiger partial charge in [0.25, 0.3) is 5.91 Å². The molecule has 1 aliphatic rings. The van der Waals surface area contributed by atoms with E-state index in [4.69, 9.17) is 0 Å². The molecule has 3 heteroatoms. The summed E-state index contributed by atoms with van der Waals surface area (Å²) < 4.78 is 0. The topological polar surface area (TPSA) is 41.1 Å². The molecule has 0 aliphatic heterocycles. The van der Waals surface area contributed by atoms with Crippen LogP contribution < -0.4 is 10.6 Å². The van der Waals surface area contributed by atoms with Gasteiger partial charge in [0, 0.05) is 24.3 Å². The van der Waals surface area contributed by atoms with Gasteiger partial charge in [0.2, 0.25) is 0 Å². The van der Waals surface area contributed by atoms with Gasteiger partial charge in [0.15, 0.2) is 0 Å². The van der Waals surface area contributed by atoms with Crippen LogP contribution in [0.4, 0.5) is 5.69 Å². The number of hydrogen-bond donors (Lipinski definition) is 2. The predicted molar refractivity (Wildman–Crippen MR) is 79.4 cm³/mol. The van der Waals surface area contributed by atoms with E-state index in [1.54, 1.807) is 0 Å². The summed E-state index contributed by atoms with van der Waals surface area (Å²) in [6.45, 7) is 6.11. The molecule has 1 unspecified atom stereocenters. The third-order valence-corrected chi connectivity index (χ3v) is 3.74. The number of hydrogen-bond acceptors (Lipinski definition) is 2. The summed E-state index contributed by atoms with van der Waals surface area (Å²) in [5.74, 6) is 1.48. The molecule has 104 valence electrons. The zero-order valence-electron chi connectivity index (χ0n) is 11.9. The molecule has 1 aromatic rings. The van der Waals surface area contributed by atoms with E-state index in [-0.39, 0.29) is 5.91 Å². The van der Waals surface area contributed by atoms with Gasteiger partial charge in [-0.05, 0) is 55.4 Å². The fourth-order valence-corrected chi connectivity index (χ4v) is 2.20. The fraction of sp³-hybridized carbons (Fsp3) is 0.562. The van der Waals surface area contributed by atoms with Gasteiger partial charge in [-0.15, -0.1) is 0 Å². The van der Waals surface area contributed by atoms with Crippen molar-refractivity contribution in [1.29, 1.82) is 0 Å². The molecule has 1 saturated carbocycles. The minimum atomic E-state index is 0.0366. The lowest BCUT2D eigenvalue weighted by molar-refractivity contribution is 0.0946. The Kier molecular flexibility index (Phi) is 4.83. The molecule has 1 amide bonds. The molecule has 2 rings (SSSR count). The summed E-state index contributed by atoms with van der Waals surface area (Å²) in [5.41, 5.74) is 1.81. The van der Waals surface area contributed by atoms with E-state index < -0.39 is 0 Å². The Labute approximate surface area is 115 Å². The molecule has 1 fully saturated rings. The fourth-order valence-electron chi connectivity index (χ4n) is 2.20. The minimum Gasteiger partial charge on any atom is -0.385 e. The third kappa shape index (κ3) is 4.27. The molecule has 0 heterocycles. The van der Waals surface area contributed by atoms with E-state index in [9.17, 15) is 4.79 Å². The lowest BCUT2D eigenvalue weighted by Crippen LogP contribution is -2.28.